The van der Waals surface area contributed by atoms with Crippen LogP contribution in [-0.2, 0) is 26.9 Å². The van der Waals surface area contributed by atoms with Gasteiger partial charge in [-0.25, -0.2) is 17.8 Å². The van der Waals surface area contributed by atoms with Crippen molar-refractivity contribution in [3.05, 3.63) is 90.4 Å². The van der Waals surface area contributed by atoms with Crippen LogP contribution in [0, 0.1) is 5.82 Å². The van der Waals surface area contributed by atoms with Gasteiger partial charge in [0.25, 0.3) is 0 Å². The molecule has 166 valence electrons. The summed E-state index contributed by atoms with van der Waals surface area (Å²) >= 11 is 0. The lowest BCUT2D eigenvalue weighted by Crippen LogP contribution is -2.19. The van der Waals surface area contributed by atoms with E-state index in [1.54, 1.807) is 28.8 Å². The largest absolute Gasteiger partial charge is 0.337 e. The van der Waals surface area contributed by atoms with Crippen molar-refractivity contribution in [2.45, 2.75) is 17.2 Å². The number of fused-ring (bicyclic) bond motifs is 2. The molecule has 0 spiro atoms. The van der Waals surface area contributed by atoms with Crippen LogP contribution in [0.1, 0.15) is 5.56 Å². The maximum absolute atomic E-state index is 13.2. The van der Waals surface area contributed by atoms with Gasteiger partial charge in [-0.15, -0.1) is 0 Å². The predicted molar refractivity (Wildman–Crippen MR) is 124 cm³/mol. The summed E-state index contributed by atoms with van der Waals surface area (Å²) in [5, 5.41) is 3.25. The molecule has 0 atom stereocenters. The quantitative estimate of drug-likeness (QED) is 0.394. The number of carbonyl (C=O) groups excluding carboxylic acids is 1. The van der Waals surface area contributed by atoms with Gasteiger partial charge >= 0.3 is 0 Å². The van der Waals surface area contributed by atoms with Crippen molar-refractivity contribution in [2.75, 3.05) is 5.32 Å². The highest BCUT2D eigenvalue weighted by molar-refractivity contribution is 7.90. The number of anilines is 1. The number of halogens is 1. The topological polar surface area (TPSA) is 96.8 Å². The first-order valence-corrected chi connectivity index (χ1v) is 11.8. The molecule has 0 bridgehead atoms. The van der Waals surface area contributed by atoms with Crippen LogP contribution in [0.25, 0.3) is 21.9 Å². The number of imidazole rings is 1. The molecular formula is C24H19FN4O3S. The molecule has 2 aromatic heterocycles. The molecule has 2 N–H and O–H groups in total. The molecule has 0 saturated heterocycles. The fraction of sp³-hybridized carbons (Fsp3) is 0.0833. The zero-order valence-electron chi connectivity index (χ0n) is 17.3. The highest BCUT2D eigenvalue weighted by Gasteiger charge is 2.22. The first-order chi connectivity index (χ1) is 15.9. The van der Waals surface area contributed by atoms with Crippen LogP contribution >= 0.6 is 0 Å². The molecule has 0 radical (unpaired) electrons. The number of aromatic amines is 1. The molecule has 1 amide bonds. The number of amides is 1. The van der Waals surface area contributed by atoms with Crippen molar-refractivity contribution in [1.82, 2.24) is 14.5 Å². The lowest BCUT2D eigenvalue weighted by molar-refractivity contribution is -0.116. The minimum Gasteiger partial charge on any atom is -0.337 e. The van der Waals surface area contributed by atoms with Gasteiger partial charge < -0.3 is 9.55 Å². The molecule has 9 heteroatoms. The number of carbonyl (C=O) groups is 1. The molecule has 5 rings (SSSR count). The maximum atomic E-state index is 13.2. The predicted octanol–water partition coefficient (Wildman–Crippen LogP) is 4.27. The second-order valence-electron chi connectivity index (χ2n) is 7.67. The van der Waals surface area contributed by atoms with Crippen LogP contribution in [0.3, 0.4) is 0 Å². The SMILES string of the molecule is O=C(Cn1cc(S(=O)(=O)Cc2ccc(F)cc2)c2ccccc21)Nc1nc2ccccc2[nH]1. The molecule has 3 aromatic carbocycles. The van der Waals surface area contributed by atoms with E-state index >= 15 is 0 Å². The Hall–Kier alpha value is -3.98. The van der Waals surface area contributed by atoms with Crippen molar-refractivity contribution in [1.29, 1.82) is 0 Å². The molecule has 0 saturated carbocycles. The van der Waals surface area contributed by atoms with E-state index in [4.69, 9.17) is 0 Å². The standard InChI is InChI=1S/C24H19FN4O3S/c25-17-11-9-16(10-12-17)15-33(31,32)22-13-29(21-8-4-1-5-18(21)22)14-23(30)28-24-26-19-6-2-3-7-20(19)27-24/h1-13H,14-15H2,(H2,26,27,28,30). The molecule has 5 aromatic rings. The van der Waals surface area contributed by atoms with Gasteiger partial charge in [-0.3, -0.25) is 10.1 Å². The number of nitrogens with zero attached hydrogens (tertiary/aromatic N) is 2. The number of sulfone groups is 1. The maximum Gasteiger partial charge on any atom is 0.246 e. The van der Waals surface area contributed by atoms with E-state index < -0.39 is 15.7 Å². The van der Waals surface area contributed by atoms with Gasteiger partial charge in [0.1, 0.15) is 12.4 Å². The molecule has 33 heavy (non-hydrogen) atoms. The molecule has 0 aliphatic carbocycles. The van der Waals surface area contributed by atoms with Crippen LogP contribution in [0.15, 0.2) is 83.9 Å². The minimum absolute atomic E-state index is 0.0936. The van der Waals surface area contributed by atoms with Gasteiger partial charge in [-0.05, 0) is 35.9 Å². The Bertz CT molecular complexity index is 1550. The number of para-hydroxylation sites is 3. The van der Waals surface area contributed by atoms with Crippen molar-refractivity contribution in [2.24, 2.45) is 0 Å². The van der Waals surface area contributed by atoms with Crippen molar-refractivity contribution in [3.8, 4) is 0 Å². The first kappa shape index (κ1) is 20.9. The number of hydrogen-bond acceptors (Lipinski definition) is 4. The molecular weight excluding hydrogens is 443 g/mol. The molecule has 2 heterocycles. The zero-order valence-corrected chi connectivity index (χ0v) is 18.1. The van der Waals surface area contributed by atoms with E-state index in [9.17, 15) is 17.6 Å². The molecule has 0 unspecified atom stereocenters. The summed E-state index contributed by atoms with van der Waals surface area (Å²) in [6.45, 7) is -0.0936. The van der Waals surface area contributed by atoms with E-state index in [0.29, 0.717) is 22.4 Å². The third-order valence-electron chi connectivity index (χ3n) is 5.32. The molecule has 0 aliphatic heterocycles. The Balaban J connectivity index is 1.43. The summed E-state index contributed by atoms with van der Waals surface area (Å²) in [7, 11) is -3.74. The summed E-state index contributed by atoms with van der Waals surface area (Å²) < 4.78 is 41.1. The van der Waals surface area contributed by atoms with Crippen LogP contribution in [0.2, 0.25) is 0 Å². The number of nitrogens with one attached hydrogen (secondary N) is 2. The van der Waals surface area contributed by atoms with Crippen LogP contribution in [0.5, 0.6) is 0 Å². The minimum atomic E-state index is -3.74. The zero-order chi connectivity index (χ0) is 23.0. The molecule has 0 aliphatic rings. The summed E-state index contributed by atoms with van der Waals surface area (Å²) in [6.07, 6.45) is 1.47. The highest BCUT2D eigenvalue weighted by Crippen LogP contribution is 2.28. The number of rotatable bonds is 6. The van der Waals surface area contributed by atoms with E-state index in [1.165, 1.54) is 30.5 Å². The third-order valence-corrected chi connectivity index (χ3v) is 7.03. The monoisotopic (exact) mass is 462 g/mol. The van der Waals surface area contributed by atoms with Crippen LogP contribution in [-0.4, -0.2) is 28.9 Å². The Morgan fingerprint density at radius 1 is 1.00 bits per heavy atom. The third kappa shape index (κ3) is 4.22. The van der Waals surface area contributed by atoms with E-state index in [-0.39, 0.29) is 23.1 Å². The first-order valence-electron chi connectivity index (χ1n) is 10.2. The Kier molecular flexibility index (Phi) is 5.18. The van der Waals surface area contributed by atoms with Gasteiger partial charge in [0.05, 0.1) is 21.7 Å². The lowest BCUT2D eigenvalue weighted by atomic mass is 10.2. The van der Waals surface area contributed by atoms with Gasteiger partial charge in [0, 0.05) is 17.1 Å². The van der Waals surface area contributed by atoms with Crippen LogP contribution < -0.4 is 5.32 Å². The van der Waals surface area contributed by atoms with E-state index in [1.807, 2.05) is 24.3 Å². The number of H-pyrrole nitrogens is 1. The van der Waals surface area contributed by atoms with Gasteiger partial charge in [0.2, 0.25) is 11.9 Å². The number of hydrogen-bond donors (Lipinski definition) is 2. The van der Waals surface area contributed by atoms with Crippen molar-refractivity contribution >= 4 is 43.6 Å². The van der Waals surface area contributed by atoms with Crippen LogP contribution in [0.4, 0.5) is 10.3 Å². The average molecular weight is 463 g/mol. The summed E-state index contributed by atoms with van der Waals surface area (Å²) in [6, 6.07) is 19.8. The van der Waals surface area contributed by atoms with Gasteiger partial charge in [-0.2, -0.15) is 0 Å². The smallest absolute Gasteiger partial charge is 0.246 e. The Labute approximate surface area is 188 Å². The summed E-state index contributed by atoms with van der Waals surface area (Å²) in [5.74, 6) is -0.728. The average Bonchev–Trinajstić information content (AvgIpc) is 3.36. The van der Waals surface area contributed by atoms with E-state index in [0.717, 1.165) is 11.0 Å². The molecule has 0 fully saturated rings. The number of aromatic nitrogens is 3. The summed E-state index contributed by atoms with van der Waals surface area (Å²) in [4.78, 5) is 20.2. The Morgan fingerprint density at radius 2 is 1.73 bits per heavy atom. The number of benzene rings is 3. The Morgan fingerprint density at radius 3 is 2.52 bits per heavy atom. The fourth-order valence-corrected chi connectivity index (χ4v) is 5.39. The van der Waals surface area contributed by atoms with Gasteiger partial charge in [0.15, 0.2) is 9.84 Å². The fourth-order valence-electron chi connectivity index (χ4n) is 3.81. The normalized spacial score (nSPS) is 11.8. The lowest BCUT2D eigenvalue weighted by Gasteiger charge is -2.05. The second-order valence-corrected chi connectivity index (χ2v) is 9.63. The van der Waals surface area contributed by atoms with Crippen molar-refractivity contribution < 1.29 is 17.6 Å². The molecule has 7 nitrogen and oxygen atoms in total. The second kappa shape index (κ2) is 8.18. The van der Waals surface area contributed by atoms with Crippen molar-refractivity contribution in [3.63, 3.8) is 0 Å². The summed E-state index contributed by atoms with van der Waals surface area (Å²) in [5.41, 5.74) is 2.63. The van der Waals surface area contributed by atoms with E-state index in [2.05, 4.69) is 15.3 Å². The van der Waals surface area contributed by atoms with Gasteiger partial charge in [-0.1, -0.05) is 42.5 Å². The highest BCUT2D eigenvalue weighted by atomic mass is 32.2.